The van der Waals surface area contributed by atoms with Gasteiger partial charge in [0, 0.05) is 11.1 Å². The van der Waals surface area contributed by atoms with Crippen molar-refractivity contribution in [2.24, 2.45) is 5.10 Å². The molecule has 0 bridgehead atoms. The number of rotatable bonds is 8. The standard InChI is InChI=1S/C21H17ClN4O5/c1-2-30-19-11-14(12-24-25-20-10-8-17(13-23-20)26(28)29)3-9-18(19)31-21(27)15-4-6-16(22)7-5-15/h3-13H,2H2,1H3,(H,23,25)/b24-12-. The Hall–Kier alpha value is -3.98. The van der Waals surface area contributed by atoms with Gasteiger partial charge in [0.25, 0.3) is 5.69 Å². The summed E-state index contributed by atoms with van der Waals surface area (Å²) in [6.45, 7) is 2.18. The molecule has 0 fully saturated rings. The maximum Gasteiger partial charge on any atom is 0.343 e. The van der Waals surface area contributed by atoms with Crippen molar-refractivity contribution < 1.29 is 19.2 Å². The number of carbonyl (C=O) groups excluding carboxylic acids is 1. The minimum atomic E-state index is -0.537. The van der Waals surface area contributed by atoms with Crippen LogP contribution >= 0.6 is 11.6 Å². The van der Waals surface area contributed by atoms with Crippen LogP contribution in [0.2, 0.25) is 5.02 Å². The van der Waals surface area contributed by atoms with E-state index in [1.54, 1.807) is 42.5 Å². The first-order chi connectivity index (χ1) is 15.0. The van der Waals surface area contributed by atoms with Gasteiger partial charge in [-0.05, 0) is 61.0 Å². The predicted octanol–water partition coefficient (Wildman–Crippen LogP) is 4.71. The van der Waals surface area contributed by atoms with E-state index in [1.165, 1.54) is 18.3 Å². The number of halogens is 1. The van der Waals surface area contributed by atoms with E-state index in [1.807, 2.05) is 6.92 Å². The van der Waals surface area contributed by atoms with Crippen molar-refractivity contribution in [1.29, 1.82) is 0 Å². The molecule has 2 aromatic carbocycles. The second kappa shape index (κ2) is 10.2. The maximum absolute atomic E-state index is 12.4. The summed E-state index contributed by atoms with van der Waals surface area (Å²) in [7, 11) is 0. The van der Waals surface area contributed by atoms with E-state index in [4.69, 9.17) is 21.1 Å². The molecule has 0 atom stereocenters. The van der Waals surface area contributed by atoms with Crippen molar-refractivity contribution in [3.05, 3.63) is 87.1 Å². The summed E-state index contributed by atoms with van der Waals surface area (Å²) >= 11 is 5.84. The highest BCUT2D eigenvalue weighted by Crippen LogP contribution is 2.29. The van der Waals surface area contributed by atoms with E-state index < -0.39 is 10.9 Å². The number of esters is 1. The molecule has 9 nitrogen and oxygen atoms in total. The molecule has 0 aliphatic heterocycles. The van der Waals surface area contributed by atoms with Crippen LogP contribution in [-0.4, -0.2) is 28.7 Å². The number of hydrogen-bond donors (Lipinski definition) is 1. The Bertz CT molecular complexity index is 1100. The molecule has 3 aromatic rings. The van der Waals surface area contributed by atoms with Crippen LogP contribution in [0.5, 0.6) is 11.5 Å². The van der Waals surface area contributed by atoms with E-state index in [9.17, 15) is 14.9 Å². The number of nitrogens with zero attached hydrogens (tertiary/aromatic N) is 3. The highest BCUT2D eigenvalue weighted by molar-refractivity contribution is 6.30. The Kier molecular flexibility index (Phi) is 7.13. The normalized spacial score (nSPS) is 10.6. The molecule has 1 aromatic heterocycles. The van der Waals surface area contributed by atoms with Gasteiger partial charge < -0.3 is 9.47 Å². The van der Waals surface area contributed by atoms with Gasteiger partial charge in [-0.3, -0.25) is 15.5 Å². The first-order valence-electron chi connectivity index (χ1n) is 9.10. The zero-order valence-corrected chi connectivity index (χ0v) is 17.1. The van der Waals surface area contributed by atoms with Gasteiger partial charge in [-0.2, -0.15) is 5.10 Å². The van der Waals surface area contributed by atoms with Gasteiger partial charge in [0.15, 0.2) is 11.5 Å². The summed E-state index contributed by atoms with van der Waals surface area (Å²) in [5, 5.41) is 15.2. The predicted molar refractivity (Wildman–Crippen MR) is 116 cm³/mol. The number of nitrogens with one attached hydrogen (secondary N) is 1. The second-order valence-electron chi connectivity index (χ2n) is 6.06. The van der Waals surface area contributed by atoms with Crippen LogP contribution in [0.4, 0.5) is 11.5 Å². The summed E-state index contributed by atoms with van der Waals surface area (Å²) in [6, 6.07) is 14.1. The molecule has 1 heterocycles. The van der Waals surface area contributed by atoms with Crippen LogP contribution in [-0.2, 0) is 0 Å². The molecule has 0 unspecified atom stereocenters. The fourth-order valence-electron chi connectivity index (χ4n) is 2.44. The zero-order valence-electron chi connectivity index (χ0n) is 16.3. The van der Waals surface area contributed by atoms with Crippen molar-refractivity contribution in [2.75, 3.05) is 12.0 Å². The lowest BCUT2D eigenvalue weighted by molar-refractivity contribution is -0.385. The zero-order chi connectivity index (χ0) is 22.2. The first kappa shape index (κ1) is 21.7. The molecule has 10 heteroatoms. The number of hydrazone groups is 1. The van der Waals surface area contributed by atoms with Crippen molar-refractivity contribution >= 4 is 35.3 Å². The van der Waals surface area contributed by atoms with Crippen LogP contribution in [0.3, 0.4) is 0 Å². The van der Waals surface area contributed by atoms with Gasteiger partial charge in [0.1, 0.15) is 12.0 Å². The van der Waals surface area contributed by atoms with Crippen molar-refractivity contribution in [1.82, 2.24) is 4.98 Å². The molecule has 158 valence electrons. The van der Waals surface area contributed by atoms with Gasteiger partial charge in [-0.25, -0.2) is 9.78 Å². The highest BCUT2D eigenvalue weighted by atomic mass is 35.5. The third-order valence-electron chi connectivity index (χ3n) is 3.90. The van der Waals surface area contributed by atoms with E-state index in [0.29, 0.717) is 34.3 Å². The summed E-state index contributed by atoms with van der Waals surface area (Å²) in [5.41, 5.74) is 3.60. The molecule has 0 aliphatic rings. The molecule has 0 spiro atoms. The smallest absolute Gasteiger partial charge is 0.343 e. The van der Waals surface area contributed by atoms with Crippen LogP contribution in [0.1, 0.15) is 22.8 Å². The largest absolute Gasteiger partial charge is 0.490 e. The van der Waals surface area contributed by atoms with Gasteiger partial charge in [-0.15, -0.1) is 0 Å². The fraction of sp³-hybridized carbons (Fsp3) is 0.0952. The second-order valence-corrected chi connectivity index (χ2v) is 6.50. The third kappa shape index (κ3) is 6.00. The molecule has 0 saturated heterocycles. The molecular formula is C21H17ClN4O5. The fourth-order valence-corrected chi connectivity index (χ4v) is 2.56. The van der Waals surface area contributed by atoms with E-state index in [2.05, 4.69) is 15.5 Å². The molecule has 3 rings (SSSR count). The molecule has 0 amide bonds. The quantitative estimate of drug-likeness (QED) is 0.177. The Morgan fingerprint density at radius 2 is 1.97 bits per heavy atom. The molecular weight excluding hydrogens is 424 g/mol. The van der Waals surface area contributed by atoms with Crippen LogP contribution < -0.4 is 14.9 Å². The van der Waals surface area contributed by atoms with Crippen LogP contribution in [0.15, 0.2) is 65.9 Å². The number of pyridine rings is 1. The maximum atomic E-state index is 12.4. The summed E-state index contributed by atoms with van der Waals surface area (Å²) in [4.78, 5) is 26.4. The Morgan fingerprint density at radius 1 is 1.19 bits per heavy atom. The molecule has 31 heavy (non-hydrogen) atoms. The number of carbonyl (C=O) groups is 1. The summed E-state index contributed by atoms with van der Waals surface area (Å²) in [6.07, 6.45) is 2.64. The average molecular weight is 441 g/mol. The Morgan fingerprint density at radius 3 is 2.61 bits per heavy atom. The highest BCUT2D eigenvalue weighted by Gasteiger charge is 2.13. The number of anilines is 1. The number of aromatic nitrogens is 1. The van der Waals surface area contributed by atoms with E-state index in [0.717, 1.165) is 6.20 Å². The lowest BCUT2D eigenvalue weighted by Gasteiger charge is -2.11. The van der Waals surface area contributed by atoms with Gasteiger partial charge in [0.2, 0.25) is 0 Å². The molecule has 0 aliphatic carbocycles. The van der Waals surface area contributed by atoms with Crippen LogP contribution in [0, 0.1) is 10.1 Å². The van der Waals surface area contributed by atoms with Crippen molar-refractivity contribution in [3.63, 3.8) is 0 Å². The van der Waals surface area contributed by atoms with E-state index in [-0.39, 0.29) is 11.4 Å². The lowest BCUT2D eigenvalue weighted by atomic mass is 10.2. The van der Waals surface area contributed by atoms with E-state index >= 15 is 0 Å². The van der Waals surface area contributed by atoms with Gasteiger partial charge in [-0.1, -0.05) is 11.6 Å². The molecule has 0 saturated carbocycles. The Labute approximate surface area is 182 Å². The SMILES string of the molecule is CCOc1cc(/C=N\Nc2ccc([N+](=O)[O-])cn2)ccc1OC(=O)c1ccc(Cl)cc1. The third-order valence-corrected chi connectivity index (χ3v) is 4.15. The van der Waals surface area contributed by atoms with Crippen LogP contribution in [0.25, 0.3) is 0 Å². The van der Waals surface area contributed by atoms with Gasteiger partial charge >= 0.3 is 5.97 Å². The number of ether oxygens (including phenoxy) is 2. The molecule has 1 N–H and O–H groups in total. The van der Waals surface area contributed by atoms with Crippen molar-refractivity contribution in [2.45, 2.75) is 6.92 Å². The topological polar surface area (TPSA) is 116 Å². The number of nitro groups is 1. The molecule has 0 radical (unpaired) electrons. The monoisotopic (exact) mass is 440 g/mol. The number of hydrogen-bond acceptors (Lipinski definition) is 8. The average Bonchev–Trinajstić information content (AvgIpc) is 2.76. The minimum absolute atomic E-state index is 0.111. The summed E-state index contributed by atoms with van der Waals surface area (Å²) < 4.78 is 11.0. The lowest BCUT2D eigenvalue weighted by Crippen LogP contribution is -2.09. The Balaban J connectivity index is 1.70. The minimum Gasteiger partial charge on any atom is -0.490 e. The van der Waals surface area contributed by atoms with Gasteiger partial charge in [0.05, 0.1) is 23.3 Å². The summed E-state index contributed by atoms with van der Waals surface area (Å²) in [5.74, 6) is 0.455. The van der Waals surface area contributed by atoms with Crippen molar-refractivity contribution in [3.8, 4) is 11.5 Å². The number of benzene rings is 2. The first-order valence-corrected chi connectivity index (χ1v) is 9.48.